The molecule has 0 bridgehead atoms. The van der Waals surface area contributed by atoms with Gasteiger partial charge in [-0.15, -0.1) is 0 Å². The third kappa shape index (κ3) is 4.03. The molecule has 0 unspecified atom stereocenters. The topological polar surface area (TPSA) is 86.0 Å². The van der Waals surface area contributed by atoms with Gasteiger partial charge in [-0.25, -0.2) is 23.7 Å². The summed E-state index contributed by atoms with van der Waals surface area (Å²) in [5.74, 6) is 0.580. The highest BCUT2D eigenvalue weighted by Crippen LogP contribution is 2.37. The van der Waals surface area contributed by atoms with Gasteiger partial charge in [0.15, 0.2) is 23.3 Å². The first-order valence-corrected chi connectivity index (χ1v) is 10.4. The van der Waals surface area contributed by atoms with Crippen molar-refractivity contribution in [2.75, 3.05) is 12.4 Å². The van der Waals surface area contributed by atoms with E-state index in [2.05, 4.69) is 15.3 Å². The Morgan fingerprint density at radius 3 is 2.65 bits per heavy atom. The summed E-state index contributed by atoms with van der Waals surface area (Å²) in [7, 11) is 1.50. The standard InChI is InChI=1S/C25H19F2N5O2/c1-14-29-12-17(34-14)13-30-25-19-9-16(18-6-3-7-20(26)22(18)27)10-21(33-2)23(19)31-24(32-25)15-5-4-8-28-11-15/h3-12H,13H2,1-2H3,(H,30,31,32). The van der Waals surface area contributed by atoms with Gasteiger partial charge in [0.2, 0.25) is 0 Å². The second-order valence-corrected chi connectivity index (χ2v) is 7.51. The molecular formula is C25H19F2N5O2. The average molecular weight is 459 g/mol. The lowest BCUT2D eigenvalue weighted by Crippen LogP contribution is -2.05. The Kier molecular flexibility index (Phi) is 5.59. The number of oxazole rings is 1. The number of anilines is 1. The van der Waals surface area contributed by atoms with E-state index in [1.165, 1.54) is 19.2 Å². The molecule has 0 saturated heterocycles. The van der Waals surface area contributed by atoms with Crippen molar-refractivity contribution in [3.8, 4) is 28.3 Å². The number of aryl methyl sites for hydroxylation is 1. The van der Waals surface area contributed by atoms with E-state index in [9.17, 15) is 8.78 Å². The van der Waals surface area contributed by atoms with Crippen LogP contribution in [0.4, 0.5) is 14.6 Å². The first-order chi connectivity index (χ1) is 16.5. The van der Waals surface area contributed by atoms with Crippen LogP contribution in [-0.2, 0) is 6.54 Å². The fourth-order valence-corrected chi connectivity index (χ4v) is 3.66. The lowest BCUT2D eigenvalue weighted by Gasteiger charge is -2.15. The minimum atomic E-state index is -0.941. The highest BCUT2D eigenvalue weighted by molar-refractivity contribution is 5.97. The Hall–Kier alpha value is -4.40. The Bertz CT molecular complexity index is 1490. The SMILES string of the molecule is COc1cc(-c2cccc(F)c2F)cc2c(NCc3cnc(C)o3)nc(-c3cccnc3)nc12. The van der Waals surface area contributed by atoms with E-state index < -0.39 is 11.6 Å². The maximum absolute atomic E-state index is 14.6. The van der Waals surface area contributed by atoms with Crippen LogP contribution in [0.25, 0.3) is 33.4 Å². The molecule has 3 aromatic heterocycles. The van der Waals surface area contributed by atoms with Crippen molar-refractivity contribution in [2.45, 2.75) is 13.5 Å². The van der Waals surface area contributed by atoms with Crippen LogP contribution in [0.5, 0.6) is 5.75 Å². The number of hydrogen-bond donors (Lipinski definition) is 1. The maximum atomic E-state index is 14.6. The van der Waals surface area contributed by atoms with Gasteiger partial charge in [-0.1, -0.05) is 12.1 Å². The molecule has 0 aliphatic carbocycles. The minimum Gasteiger partial charge on any atom is -0.494 e. The summed E-state index contributed by atoms with van der Waals surface area (Å²) < 4.78 is 39.7. The van der Waals surface area contributed by atoms with Gasteiger partial charge in [0.05, 0.1) is 19.9 Å². The van der Waals surface area contributed by atoms with Crippen molar-refractivity contribution in [3.63, 3.8) is 0 Å². The van der Waals surface area contributed by atoms with Crippen LogP contribution >= 0.6 is 0 Å². The van der Waals surface area contributed by atoms with Crippen molar-refractivity contribution in [1.82, 2.24) is 19.9 Å². The average Bonchev–Trinajstić information content (AvgIpc) is 3.29. The van der Waals surface area contributed by atoms with Gasteiger partial charge < -0.3 is 14.5 Å². The molecule has 5 aromatic rings. The first kappa shape index (κ1) is 21.4. The molecule has 0 fully saturated rings. The predicted octanol–water partition coefficient (Wildman–Crippen LogP) is 5.55. The zero-order chi connectivity index (χ0) is 23.7. The third-order valence-electron chi connectivity index (χ3n) is 5.27. The smallest absolute Gasteiger partial charge is 0.191 e. The molecule has 0 amide bonds. The normalized spacial score (nSPS) is 11.1. The van der Waals surface area contributed by atoms with Crippen molar-refractivity contribution in [1.29, 1.82) is 0 Å². The molecule has 7 nitrogen and oxygen atoms in total. The van der Waals surface area contributed by atoms with Crippen LogP contribution in [0, 0.1) is 18.6 Å². The van der Waals surface area contributed by atoms with Gasteiger partial charge in [-0.3, -0.25) is 4.98 Å². The van der Waals surface area contributed by atoms with Crippen LogP contribution in [0.15, 0.2) is 65.5 Å². The molecule has 3 heterocycles. The predicted molar refractivity (Wildman–Crippen MR) is 123 cm³/mol. The van der Waals surface area contributed by atoms with Crippen LogP contribution < -0.4 is 10.1 Å². The molecule has 34 heavy (non-hydrogen) atoms. The number of nitrogens with zero attached hydrogens (tertiary/aromatic N) is 4. The Morgan fingerprint density at radius 1 is 1.03 bits per heavy atom. The largest absolute Gasteiger partial charge is 0.494 e. The van der Waals surface area contributed by atoms with Crippen LogP contribution in [0.3, 0.4) is 0 Å². The van der Waals surface area contributed by atoms with Gasteiger partial charge in [0.25, 0.3) is 0 Å². The van der Waals surface area contributed by atoms with Crippen molar-refractivity contribution in [2.24, 2.45) is 0 Å². The van der Waals surface area contributed by atoms with E-state index in [1.807, 2.05) is 6.07 Å². The molecule has 9 heteroatoms. The Morgan fingerprint density at radius 2 is 1.91 bits per heavy atom. The van der Waals surface area contributed by atoms with Gasteiger partial charge in [0.1, 0.15) is 22.8 Å². The van der Waals surface area contributed by atoms with Crippen molar-refractivity contribution in [3.05, 3.63) is 84.3 Å². The highest BCUT2D eigenvalue weighted by atomic mass is 19.2. The van der Waals surface area contributed by atoms with E-state index in [-0.39, 0.29) is 5.56 Å². The summed E-state index contributed by atoms with van der Waals surface area (Å²) in [6, 6.07) is 11.0. The van der Waals surface area contributed by atoms with Crippen LogP contribution in [-0.4, -0.2) is 27.0 Å². The van der Waals surface area contributed by atoms with E-state index >= 15 is 0 Å². The number of methoxy groups -OCH3 is 1. The number of halogens is 2. The molecule has 0 saturated carbocycles. The number of benzene rings is 2. The number of hydrogen-bond acceptors (Lipinski definition) is 7. The number of fused-ring (bicyclic) bond motifs is 1. The molecular weight excluding hydrogens is 440 g/mol. The summed E-state index contributed by atoms with van der Waals surface area (Å²) in [5.41, 5.74) is 1.75. The van der Waals surface area contributed by atoms with Gasteiger partial charge in [0, 0.05) is 35.8 Å². The fraction of sp³-hybridized carbons (Fsp3) is 0.120. The molecule has 0 spiro atoms. The quantitative estimate of drug-likeness (QED) is 0.356. The van der Waals surface area contributed by atoms with Crippen LogP contribution in [0.1, 0.15) is 11.7 Å². The molecule has 0 radical (unpaired) electrons. The molecule has 1 N–H and O–H groups in total. The molecule has 0 atom stereocenters. The van der Waals surface area contributed by atoms with E-state index in [1.54, 1.807) is 43.7 Å². The zero-order valence-corrected chi connectivity index (χ0v) is 18.3. The van der Waals surface area contributed by atoms with Gasteiger partial charge in [-0.2, -0.15) is 0 Å². The fourth-order valence-electron chi connectivity index (χ4n) is 3.66. The number of aromatic nitrogens is 4. The summed E-state index contributed by atoms with van der Waals surface area (Å²) in [6.07, 6.45) is 4.95. The summed E-state index contributed by atoms with van der Waals surface area (Å²) in [6.45, 7) is 2.06. The number of nitrogens with one attached hydrogen (secondary N) is 1. The number of ether oxygens (including phenoxy) is 1. The molecule has 0 aliphatic rings. The van der Waals surface area contributed by atoms with E-state index in [0.29, 0.717) is 57.6 Å². The maximum Gasteiger partial charge on any atom is 0.191 e. The number of pyridine rings is 1. The molecule has 170 valence electrons. The summed E-state index contributed by atoms with van der Waals surface area (Å²) in [4.78, 5) is 17.6. The lowest BCUT2D eigenvalue weighted by molar-refractivity contribution is 0.419. The first-order valence-electron chi connectivity index (χ1n) is 10.4. The van der Waals surface area contributed by atoms with Gasteiger partial charge in [-0.05, 0) is 35.9 Å². The second-order valence-electron chi connectivity index (χ2n) is 7.51. The lowest BCUT2D eigenvalue weighted by atomic mass is 10.0. The number of rotatable bonds is 6. The van der Waals surface area contributed by atoms with E-state index in [4.69, 9.17) is 19.1 Å². The monoisotopic (exact) mass is 459 g/mol. The van der Waals surface area contributed by atoms with Crippen LogP contribution in [0.2, 0.25) is 0 Å². The second kappa shape index (κ2) is 8.86. The minimum absolute atomic E-state index is 0.105. The van der Waals surface area contributed by atoms with Crippen molar-refractivity contribution >= 4 is 16.7 Å². The van der Waals surface area contributed by atoms with Crippen molar-refractivity contribution < 1.29 is 17.9 Å². The Labute approximate surface area is 193 Å². The summed E-state index contributed by atoms with van der Waals surface area (Å²) >= 11 is 0. The molecule has 2 aromatic carbocycles. The highest BCUT2D eigenvalue weighted by Gasteiger charge is 2.18. The molecule has 5 rings (SSSR count). The Balaban J connectivity index is 1.71. The molecule has 0 aliphatic heterocycles. The van der Waals surface area contributed by atoms with Gasteiger partial charge >= 0.3 is 0 Å². The van der Waals surface area contributed by atoms with E-state index in [0.717, 1.165) is 6.07 Å². The zero-order valence-electron chi connectivity index (χ0n) is 18.3. The third-order valence-corrected chi connectivity index (χ3v) is 5.27. The summed E-state index contributed by atoms with van der Waals surface area (Å²) in [5, 5.41) is 3.83.